The van der Waals surface area contributed by atoms with Crippen LogP contribution in [0.2, 0.25) is 0 Å². The van der Waals surface area contributed by atoms with Gasteiger partial charge in [-0.2, -0.15) is 13.2 Å². The number of alkyl halides is 3. The molecule has 0 aliphatic rings. The van der Waals surface area contributed by atoms with Gasteiger partial charge in [0.15, 0.2) is 5.78 Å². The number of anilines is 1. The number of likely N-dealkylation sites (N-methyl/N-ethyl adjacent to an activating group) is 1. The van der Waals surface area contributed by atoms with Crippen LogP contribution in [0.4, 0.5) is 23.2 Å². The standard InChI is InChI=1S/C33H31F4N5O4/c1-18-25(7-6-8-26(18)31(45)41(4)5)29-39-16-27(40-30(44)19(2)38-3)32(46)42(29)17-20-13-22(15-23(14-20)33(35,36)37)28(43)21-9-11-24(34)12-10-21/h6-16,19,38H,17H2,1-5H3,(H,40,44)/t19-/m0/s1. The summed E-state index contributed by atoms with van der Waals surface area (Å²) >= 11 is 0. The Morgan fingerprint density at radius 1 is 1.00 bits per heavy atom. The van der Waals surface area contributed by atoms with Crippen LogP contribution in [-0.2, 0) is 17.5 Å². The van der Waals surface area contributed by atoms with Gasteiger partial charge in [0, 0.05) is 36.3 Å². The van der Waals surface area contributed by atoms with E-state index in [1.165, 1.54) is 11.0 Å². The van der Waals surface area contributed by atoms with Crippen LogP contribution in [0.1, 0.15) is 49.9 Å². The van der Waals surface area contributed by atoms with Gasteiger partial charge in [-0.15, -0.1) is 0 Å². The van der Waals surface area contributed by atoms with Crippen molar-refractivity contribution < 1.29 is 31.9 Å². The summed E-state index contributed by atoms with van der Waals surface area (Å²) in [6, 6.07) is 11.2. The number of benzene rings is 3. The largest absolute Gasteiger partial charge is 0.416 e. The summed E-state index contributed by atoms with van der Waals surface area (Å²) in [7, 11) is 4.70. The molecule has 0 aliphatic heterocycles. The summed E-state index contributed by atoms with van der Waals surface area (Å²) in [5.74, 6) is -2.27. The lowest BCUT2D eigenvalue weighted by atomic mass is 9.97. The Balaban J connectivity index is 1.93. The third kappa shape index (κ3) is 7.20. The van der Waals surface area contributed by atoms with Crippen LogP contribution in [-0.4, -0.2) is 59.2 Å². The number of nitrogens with one attached hydrogen (secondary N) is 2. The van der Waals surface area contributed by atoms with Gasteiger partial charge in [0.2, 0.25) is 5.91 Å². The van der Waals surface area contributed by atoms with Crippen LogP contribution in [0.15, 0.2) is 71.7 Å². The molecule has 0 saturated carbocycles. The molecule has 4 rings (SSSR count). The van der Waals surface area contributed by atoms with Gasteiger partial charge in [-0.05, 0) is 80.6 Å². The van der Waals surface area contributed by atoms with Gasteiger partial charge >= 0.3 is 6.18 Å². The van der Waals surface area contributed by atoms with Crippen LogP contribution in [0.25, 0.3) is 11.4 Å². The normalized spacial score (nSPS) is 12.0. The minimum atomic E-state index is -4.85. The number of carbonyl (C=O) groups excluding carboxylic acids is 3. The number of nitrogens with zero attached hydrogens (tertiary/aromatic N) is 3. The van der Waals surface area contributed by atoms with Gasteiger partial charge in [0.1, 0.15) is 17.3 Å². The second-order valence-corrected chi connectivity index (χ2v) is 10.8. The summed E-state index contributed by atoms with van der Waals surface area (Å²) in [4.78, 5) is 58.3. The van der Waals surface area contributed by atoms with Gasteiger partial charge in [-0.3, -0.25) is 23.7 Å². The van der Waals surface area contributed by atoms with E-state index in [9.17, 15) is 36.7 Å². The molecule has 0 bridgehead atoms. The second kappa shape index (κ2) is 13.4. The van der Waals surface area contributed by atoms with E-state index < -0.39 is 47.4 Å². The first-order chi connectivity index (χ1) is 21.6. The van der Waals surface area contributed by atoms with Crippen LogP contribution in [0, 0.1) is 12.7 Å². The molecule has 2 amide bonds. The lowest BCUT2D eigenvalue weighted by Gasteiger charge is -2.19. The minimum absolute atomic E-state index is 0.0133. The first-order valence-corrected chi connectivity index (χ1v) is 14.0. The van der Waals surface area contributed by atoms with E-state index in [0.29, 0.717) is 22.8 Å². The van der Waals surface area contributed by atoms with Crippen molar-refractivity contribution in [2.24, 2.45) is 0 Å². The minimum Gasteiger partial charge on any atom is -0.345 e. The van der Waals surface area contributed by atoms with Gasteiger partial charge < -0.3 is 15.5 Å². The Hall–Kier alpha value is -5.17. The summed E-state index contributed by atoms with van der Waals surface area (Å²) in [6.45, 7) is 2.72. The summed E-state index contributed by atoms with van der Waals surface area (Å²) in [5, 5.41) is 5.24. The molecule has 13 heteroatoms. The predicted molar refractivity (Wildman–Crippen MR) is 164 cm³/mol. The van der Waals surface area contributed by atoms with E-state index in [4.69, 9.17) is 0 Å². The van der Waals surface area contributed by atoms with Gasteiger partial charge in [0.05, 0.1) is 24.3 Å². The number of ketones is 1. The number of rotatable bonds is 9. The Morgan fingerprint density at radius 3 is 2.28 bits per heavy atom. The van der Waals surface area contributed by atoms with Gasteiger partial charge in [-0.25, -0.2) is 9.37 Å². The first kappa shape index (κ1) is 33.7. The Morgan fingerprint density at radius 2 is 1.67 bits per heavy atom. The van der Waals surface area contributed by atoms with E-state index in [-0.39, 0.29) is 34.1 Å². The summed E-state index contributed by atoms with van der Waals surface area (Å²) in [6.07, 6.45) is -3.71. The highest BCUT2D eigenvalue weighted by atomic mass is 19.4. The molecule has 46 heavy (non-hydrogen) atoms. The molecule has 1 heterocycles. The van der Waals surface area contributed by atoms with E-state index in [2.05, 4.69) is 15.6 Å². The number of hydrogen-bond donors (Lipinski definition) is 2. The maximum absolute atomic E-state index is 14.1. The molecule has 9 nitrogen and oxygen atoms in total. The second-order valence-electron chi connectivity index (χ2n) is 10.8. The van der Waals surface area contributed by atoms with Crippen molar-refractivity contribution in [3.05, 3.63) is 116 Å². The van der Waals surface area contributed by atoms with Crippen LogP contribution < -0.4 is 16.2 Å². The van der Waals surface area contributed by atoms with Crippen LogP contribution >= 0.6 is 0 Å². The molecular formula is C33H31F4N5O4. The molecule has 0 saturated heterocycles. The number of aromatic nitrogens is 2. The fourth-order valence-electron chi connectivity index (χ4n) is 4.69. The lowest BCUT2D eigenvalue weighted by molar-refractivity contribution is -0.137. The third-order valence-electron chi connectivity index (χ3n) is 7.37. The van der Waals surface area contributed by atoms with Crippen molar-refractivity contribution in [1.82, 2.24) is 19.8 Å². The fourth-order valence-corrected chi connectivity index (χ4v) is 4.69. The lowest BCUT2D eigenvalue weighted by Crippen LogP contribution is -2.38. The maximum atomic E-state index is 14.1. The molecule has 2 N–H and O–H groups in total. The Kier molecular flexibility index (Phi) is 9.86. The molecule has 0 unspecified atom stereocenters. The number of carbonyl (C=O) groups is 3. The maximum Gasteiger partial charge on any atom is 0.416 e. The highest BCUT2D eigenvalue weighted by Gasteiger charge is 2.32. The number of hydrogen-bond acceptors (Lipinski definition) is 6. The van der Waals surface area contributed by atoms with E-state index >= 15 is 0 Å². The first-order valence-electron chi connectivity index (χ1n) is 14.0. The average molecular weight is 638 g/mol. The van der Waals surface area contributed by atoms with E-state index in [1.54, 1.807) is 53.2 Å². The van der Waals surface area contributed by atoms with Gasteiger partial charge in [-0.1, -0.05) is 12.1 Å². The van der Waals surface area contributed by atoms with Crippen molar-refractivity contribution in [3.8, 4) is 11.4 Å². The zero-order chi connectivity index (χ0) is 33.9. The number of amides is 2. The van der Waals surface area contributed by atoms with E-state index in [0.717, 1.165) is 41.1 Å². The van der Waals surface area contributed by atoms with E-state index in [1.807, 2.05) is 0 Å². The van der Waals surface area contributed by atoms with Crippen molar-refractivity contribution in [2.75, 3.05) is 26.5 Å². The fraction of sp³-hybridized carbons (Fsp3) is 0.242. The Labute approximate surface area is 261 Å². The Bertz CT molecular complexity index is 1870. The average Bonchev–Trinajstić information content (AvgIpc) is 3.02. The molecule has 4 aromatic rings. The summed E-state index contributed by atoms with van der Waals surface area (Å²) in [5.41, 5.74) is -1.48. The van der Waals surface area contributed by atoms with Crippen molar-refractivity contribution in [3.63, 3.8) is 0 Å². The van der Waals surface area contributed by atoms with Crippen molar-refractivity contribution in [1.29, 1.82) is 0 Å². The van der Waals surface area contributed by atoms with Gasteiger partial charge in [0.25, 0.3) is 11.5 Å². The molecule has 0 spiro atoms. The zero-order valence-corrected chi connectivity index (χ0v) is 25.6. The zero-order valence-electron chi connectivity index (χ0n) is 25.6. The predicted octanol–water partition coefficient (Wildman–Crippen LogP) is 4.90. The quantitative estimate of drug-likeness (QED) is 0.199. The molecule has 0 fully saturated rings. The van der Waals surface area contributed by atoms with Crippen molar-refractivity contribution in [2.45, 2.75) is 32.6 Å². The highest BCUT2D eigenvalue weighted by Crippen LogP contribution is 2.32. The van der Waals surface area contributed by atoms with Crippen LogP contribution in [0.5, 0.6) is 0 Å². The monoisotopic (exact) mass is 637 g/mol. The topological polar surface area (TPSA) is 113 Å². The SMILES string of the molecule is CN[C@@H](C)C(=O)Nc1cnc(-c2cccc(C(=O)N(C)C)c2C)n(Cc2cc(C(=O)c3ccc(F)cc3)cc(C(F)(F)F)c2)c1=O. The summed E-state index contributed by atoms with van der Waals surface area (Å²) < 4.78 is 56.7. The molecule has 0 aliphatic carbocycles. The van der Waals surface area contributed by atoms with Crippen LogP contribution in [0.3, 0.4) is 0 Å². The third-order valence-corrected chi connectivity index (χ3v) is 7.37. The highest BCUT2D eigenvalue weighted by molar-refractivity contribution is 6.09. The molecule has 1 atom stereocenters. The molecule has 240 valence electrons. The molecule has 3 aromatic carbocycles. The molecular weight excluding hydrogens is 606 g/mol. The molecule has 0 radical (unpaired) electrons. The smallest absolute Gasteiger partial charge is 0.345 e. The number of halogens is 4. The molecule has 1 aromatic heterocycles. The van der Waals surface area contributed by atoms with Crippen molar-refractivity contribution >= 4 is 23.3 Å².